The van der Waals surface area contributed by atoms with Crippen LogP contribution in [-0.4, -0.2) is 7.11 Å². The van der Waals surface area contributed by atoms with Crippen molar-refractivity contribution in [3.8, 4) is 16.9 Å². The molecule has 5 rings (SSSR count). The second-order valence-corrected chi connectivity index (χ2v) is 6.68. The molecular formula is C24H18O2. The monoisotopic (exact) mass is 338 g/mol. The van der Waals surface area contributed by atoms with E-state index in [-0.39, 0.29) is 0 Å². The summed E-state index contributed by atoms with van der Waals surface area (Å²) < 4.78 is 11.7. The Bertz CT molecular complexity index is 1280. The summed E-state index contributed by atoms with van der Waals surface area (Å²) in [5.74, 6) is 0.804. The molecular weight excluding hydrogens is 320 g/mol. The van der Waals surface area contributed by atoms with Crippen LogP contribution in [0.3, 0.4) is 0 Å². The summed E-state index contributed by atoms with van der Waals surface area (Å²) in [4.78, 5) is 0. The minimum atomic E-state index is 0.804. The maximum Gasteiger partial charge on any atom is 0.143 e. The van der Waals surface area contributed by atoms with Gasteiger partial charge in [-0.15, -0.1) is 0 Å². The molecule has 2 heteroatoms. The van der Waals surface area contributed by atoms with Gasteiger partial charge in [-0.25, -0.2) is 0 Å². The molecule has 0 atom stereocenters. The van der Waals surface area contributed by atoms with Crippen molar-refractivity contribution in [1.82, 2.24) is 0 Å². The van der Waals surface area contributed by atoms with Crippen molar-refractivity contribution in [2.24, 2.45) is 0 Å². The van der Waals surface area contributed by atoms with E-state index >= 15 is 0 Å². The molecule has 0 aliphatic carbocycles. The molecule has 0 saturated carbocycles. The predicted octanol–water partition coefficient (Wildman–Crippen LogP) is 6.72. The normalized spacial score (nSPS) is 11.5. The topological polar surface area (TPSA) is 22.4 Å². The summed E-state index contributed by atoms with van der Waals surface area (Å²) in [6.45, 7) is 2.12. The van der Waals surface area contributed by atoms with E-state index in [0.717, 1.165) is 33.3 Å². The highest BCUT2D eigenvalue weighted by Crippen LogP contribution is 2.41. The summed E-state index contributed by atoms with van der Waals surface area (Å²) in [6, 6.07) is 25.3. The summed E-state index contributed by atoms with van der Waals surface area (Å²) >= 11 is 0. The number of aryl methyl sites for hydroxylation is 1. The van der Waals surface area contributed by atoms with Crippen molar-refractivity contribution in [3.63, 3.8) is 0 Å². The van der Waals surface area contributed by atoms with Crippen molar-refractivity contribution < 1.29 is 9.15 Å². The van der Waals surface area contributed by atoms with Crippen LogP contribution in [0, 0.1) is 6.92 Å². The SMILES string of the molecule is COc1ccc2c(c1)oc1c(-c3cccc(C)c3)cc3ccccc3c12. The third-order valence-electron chi connectivity index (χ3n) is 5.00. The van der Waals surface area contributed by atoms with Gasteiger partial charge in [0.05, 0.1) is 7.11 Å². The third kappa shape index (κ3) is 2.19. The molecule has 1 aromatic heterocycles. The largest absolute Gasteiger partial charge is 0.497 e. The van der Waals surface area contributed by atoms with E-state index in [4.69, 9.17) is 9.15 Å². The van der Waals surface area contributed by atoms with Gasteiger partial charge in [0.25, 0.3) is 0 Å². The fourth-order valence-electron chi connectivity index (χ4n) is 3.76. The molecule has 0 aliphatic rings. The lowest BCUT2D eigenvalue weighted by Gasteiger charge is -2.07. The number of furan rings is 1. The number of rotatable bonds is 2. The lowest BCUT2D eigenvalue weighted by molar-refractivity contribution is 0.414. The average Bonchev–Trinajstić information content (AvgIpc) is 3.06. The van der Waals surface area contributed by atoms with Crippen molar-refractivity contribution in [2.75, 3.05) is 7.11 Å². The van der Waals surface area contributed by atoms with Gasteiger partial charge in [-0.05, 0) is 41.5 Å². The molecule has 26 heavy (non-hydrogen) atoms. The Morgan fingerprint density at radius 2 is 1.69 bits per heavy atom. The van der Waals surface area contributed by atoms with Gasteiger partial charge in [-0.3, -0.25) is 0 Å². The fourth-order valence-corrected chi connectivity index (χ4v) is 3.76. The predicted molar refractivity (Wildman–Crippen MR) is 108 cm³/mol. The molecule has 0 amide bonds. The summed E-state index contributed by atoms with van der Waals surface area (Å²) in [6.07, 6.45) is 0. The molecule has 0 N–H and O–H groups in total. The smallest absolute Gasteiger partial charge is 0.143 e. The van der Waals surface area contributed by atoms with Crippen LogP contribution in [0.15, 0.2) is 77.2 Å². The maximum atomic E-state index is 6.35. The van der Waals surface area contributed by atoms with Crippen LogP contribution in [-0.2, 0) is 0 Å². The van der Waals surface area contributed by atoms with E-state index < -0.39 is 0 Å². The first-order valence-corrected chi connectivity index (χ1v) is 8.73. The van der Waals surface area contributed by atoms with Gasteiger partial charge < -0.3 is 9.15 Å². The summed E-state index contributed by atoms with van der Waals surface area (Å²) in [5.41, 5.74) is 5.31. The standard InChI is InChI=1S/C24H18O2/c1-15-6-5-8-16(12-15)21-13-17-7-3-4-9-19(17)23-20-11-10-18(25-2)14-22(20)26-24(21)23/h3-14H,1-2H3. The minimum absolute atomic E-state index is 0.804. The second-order valence-electron chi connectivity index (χ2n) is 6.68. The molecule has 0 radical (unpaired) electrons. The lowest BCUT2D eigenvalue weighted by Crippen LogP contribution is -1.83. The van der Waals surface area contributed by atoms with E-state index in [0.29, 0.717) is 0 Å². The first kappa shape index (κ1) is 15.0. The highest BCUT2D eigenvalue weighted by Gasteiger charge is 2.16. The number of hydrogen-bond donors (Lipinski definition) is 0. The van der Waals surface area contributed by atoms with Crippen molar-refractivity contribution in [3.05, 3.63) is 78.4 Å². The number of hydrogen-bond acceptors (Lipinski definition) is 2. The van der Waals surface area contributed by atoms with Gasteiger partial charge >= 0.3 is 0 Å². The Morgan fingerprint density at radius 1 is 0.808 bits per heavy atom. The van der Waals surface area contributed by atoms with Gasteiger partial charge in [0.15, 0.2) is 0 Å². The Balaban J connectivity index is 1.98. The Kier molecular flexibility index (Phi) is 3.26. The highest BCUT2D eigenvalue weighted by molar-refractivity contribution is 6.22. The second kappa shape index (κ2) is 5.63. The molecule has 0 aliphatic heterocycles. The molecule has 2 nitrogen and oxygen atoms in total. The minimum Gasteiger partial charge on any atom is -0.497 e. The average molecular weight is 338 g/mol. The number of ether oxygens (including phenoxy) is 1. The van der Waals surface area contributed by atoms with Crippen molar-refractivity contribution in [2.45, 2.75) is 6.92 Å². The van der Waals surface area contributed by atoms with Crippen LogP contribution in [0.25, 0.3) is 43.8 Å². The zero-order valence-corrected chi connectivity index (χ0v) is 14.7. The van der Waals surface area contributed by atoms with Gasteiger partial charge in [0.2, 0.25) is 0 Å². The molecule has 0 unspecified atom stereocenters. The van der Waals surface area contributed by atoms with E-state index in [1.807, 2.05) is 12.1 Å². The first-order valence-electron chi connectivity index (χ1n) is 8.73. The van der Waals surface area contributed by atoms with Gasteiger partial charge in [0, 0.05) is 22.4 Å². The third-order valence-corrected chi connectivity index (χ3v) is 5.00. The number of methoxy groups -OCH3 is 1. The van der Waals surface area contributed by atoms with Crippen molar-refractivity contribution in [1.29, 1.82) is 0 Å². The lowest BCUT2D eigenvalue weighted by atomic mass is 9.96. The summed E-state index contributed by atoms with van der Waals surface area (Å²) in [7, 11) is 1.68. The van der Waals surface area contributed by atoms with E-state index in [1.54, 1.807) is 7.11 Å². The Hall–Kier alpha value is -3.26. The van der Waals surface area contributed by atoms with Crippen LogP contribution in [0.4, 0.5) is 0 Å². The molecule has 0 bridgehead atoms. The molecule has 4 aromatic carbocycles. The highest BCUT2D eigenvalue weighted by atomic mass is 16.5. The maximum absolute atomic E-state index is 6.35. The number of fused-ring (bicyclic) bond motifs is 5. The van der Waals surface area contributed by atoms with E-state index in [2.05, 4.69) is 67.6 Å². The first-order chi connectivity index (χ1) is 12.7. The molecule has 5 aromatic rings. The number of benzene rings is 4. The fraction of sp³-hybridized carbons (Fsp3) is 0.0833. The van der Waals surface area contributed by atoms with E-state index in [9.17, 15) is 0 Å². The molecule has 126 valence electrons. The van der Waals surface area contributed by atoms with E-state index in [1.165, 1.54) is 21.9 Å². The quantitative estimate of drug-likeness (QED) is 0.356. The Labute approximate surface area is 151 Å². The molecule has 1 heterocycles. The summed E-state index contributed by atoms with van der Waals surface area (Å²) in [5, 5.41) is 4.71. The van der Waals surface area contributed by atoms with Gasteiger partial charge in [0.1, 0.15) is 16.9 Å². The molecule has 0 fully saturated rings. The Morgan fingerprint density at radius 3 is 2.54 bits per heavy atom. The molecule has 0 saturated heterocycles. The molecule has 0 spiro atoms. The van der Waals surface area contributed by atoms with Crippen molar-refractivity contribution >= 4 is 32.7 Å². The van der Waals surface area contributed by atoms with Gasteiger partial charge in [-0.2, -0.15) is 0 Å². The van der Waals surface area contributed by atoms with Crippen LogP contribution in [0.1, 0.15) is 5.56 Å². The van der Waals surface area contributed by atoms with Crippen LogP contribution < -0.4 is 4.74 Å². The van der Waals surface area contributed by atoms with Crippen LogP contribution >= 0.6 is 0 Å². The van der Waals surface area contributed by atoms with Crippen LogP contribution in [0.5, 0.6) is 5.75 Å². The van der Waals surface area contributed by atoms with Crippen LogP contribution in [0.2, 0.25) is 0 Å². The zero-order chi connectivity index (χ0) is 17.7. The van der Waals surface area contributed by atoms with Gasteiger partial charge in [-0.1, -0.05) is 54.1 Å². The zero-order valence-electron chi connectivity index (χ0n) is 14.7.